The molecule has 0 saturated carbocycles. The van der Waals surface area contributed by atoms with Crippen LogP contribution in [0.2, 0.25) is 0 Å². The second-order valence-corrected chi connectivity index (χ2v) is 8.12. The van der Waals surface area contributed by atoms with Gasteiger partial charge < -0.3 is 5.73 Å². The van der Waals surface area contributed by atoms with Crippen LogP contribution < -0.4 is 10.6 Å². The lowest BCUT2D eigenvalue weighted by atomic mass is 10.0. The minimum Gasteiger partial charge on any atom is -0.366 e. The van der Waals surface area contributed by atoms with E-state index in [1.54, 1.807) is 12.1 Å². The van der Waals surface area contributed by atoms with Crippen molar-refractivity contribution in [1.29, 1.82) is 0 Å². The van der Waals surface area contributed by atoms with Gasteiger partial charge in [0.2, 0.25) is 5.91 Å². The van der Waals surface area contributed by atoms with Gasteiger partial charge in [0.1, 0.15) is 0 Å². The van der Waals surface area contributed by atoms with Crippen LogP contribution in [0.3, 0.4) is 0 Å². The van der Waals surface area contributed by atoms with Crippen molar-refractivity contribution in [3.63, 3.8) is 0 Å². The maximum Gasteiger partial charge on any atom is 0.266 e. The number of anilines is 1. The Morgan fingerprint density at radius 1 is 0.967 bits per heavy atom. The van der Waals surface area contributed by atoms with Crippen molar-refractivity contribution in [2.24, 2.45) is 5.73 Å². The second kappa shape index (κ2) is 8.03. The number of hydrogen-bond donors (Lipinski definition) is 1. The molecule has 2 aliphatic rings. The van der Waals surface area contributed by atoms with E-state index in [4.69, 9.17) is 5.73 Å². The number of nitrogens with zero attached hydrogens (tertiary/aromatic N) is 2. The SMILES string of the molecule is CCCN(CCC)C1Cc2cc3c(cc2C1)C(=O)N(c1ccc(C(N)=O)cc1)C3=O. The molecule has 2 aromatic rings. The number of benzene rings is 2. The van der Waals surface area contributed by atoms with Crippen LogP contribution in [0.25, 0.3) is 0 Å². The largest absolute Gasteiger partial charge is 0.366 e. The third kappa shape index (κ3) is 3.41. The van der Waals surface area contributed by atoms with E-state index in [-0.39, 0.29) is 11.8 Å². The summed E-state index contributed by atoms with van der Waals surface area (Å²) in [6.45, 7) is 6.53. The molecule has 2 aromatic carbocycles. The summed E-state index contributed by atoms with van der Waals surface area (Å²) in [6, 6.07) is 10.5. The fourth-order valence-electron chi connectivity index (χ4n) is 4.66. The number of hydrogen-bond acceptors (Lipinski definition) is 4. The Labute approximate surface area is 176 Å². The minimum atomic E-state index is -0.546. The molecule has 4 rings (SSSR count). The molecule has 156 valence electrons. The second-order valence-electron chi connectivity index (χ2n) is 8.12. The molecule has 0 aromatic heterocycles. The van der Waals surface area contributed by atoms with Crippen LogP contribution in [0.15, 0.2) is 36.4 Å². The molecule has 1 aliphatic carbocycles. The third-order valence-electron chi connectivity index (χ3n) is 6.07. The first kappa shape index (κ1) is 20.3. The fraction of sp³-hybridized carbons (Fsp3) is 0.375. The van der Waals surface area contributed by atoms with E-state index in [0.717, 1.165) is 38.8 Å². The van der Waals surface area contributed by atoms with E-state index in [0.29, 0.717) is 28.4 Å². The van der Waals surface area contributed by atoms with Crippen LogP contribution in [0.1, 0.15) is 68.9 Å². The van der Waals surface area contributed by atoms with Crippen LogP contribution in [-0.2, 0) is 12.8 Å². The van der Waals surface area contributed by atoms with Gasteiger partial charge in [0.15, 0.2) is 0 Å². The number of rotatable bonds is 7. The lowest BCUT2D eigenvalue weighted by Gasteiger charge is -2.27. The van der Waals surface area contributed by atoms with Crippen LogP contribution >= 0.6 is 0 Å². The van der Waals surface area contributed by atoms with Gasteiger partial charge in [-0.3, -0.25) is 19.3 Å². The molecule has 0 fully saturated rings. The van der Waals surface area contributed by atoms with Gasteiger partial charge in [0.25, 0.3) is 11.8 Å². The van der Waals surface area contributed by atoms with E-state index >= 15 is 0 Å². The third-order valence-corrected chi connectivity index (χ3v) is 6.07. The molecule has 6 nitrogen and oxygen atoms in total. The first-order valence-electron chi connectivity index (χ1n) is 10.6. The maximum absolute atomic E-state index is 13.0. The number of carbonyl (C=O) groups excluding carboxylic acids is 3. The van der Waals surface area contributed by atoms with Gasteiger partial charge in [-0.2, -0.15) is 0 Å². The first-order chi connectivity index (χ1) is 14.4. The van der Waals surface area contributed by atoms with Crippen LogP contribution in [-0.4, -0.2) is 41.8 Å². The summed E-state index contributed by atoms with van der Waals surface area (Å²) >= 11 is 0. The molecule has 3 amide bonds. The average Bonchev–Trinajstić information content (AvgIpc) is 3.25. The van der Waals surface area contributed by atoms with E-state index in [1.165, 1.54) is 28.2 Å². The van der Waals surface area contributed by atoms with Crippen LogP contribution in [0, 0.1) is 0 Å². The number of fused-ring (bicyclic) bond motifs is 2. The lowest BCUT2D eigenvalue weighted by molar-refractivity contribution is 0.0925. The summed E-state index contributed by atoms with van der Waals surface area (Å²) in [5.41, 5.74) is 9.33. The molecule has 0 unspecified atom stereocenters. The van der Waals surface area contributed by atoms with Gasteiger partial charge in [-0.1, -0.05) is 13.8 Å². The van der Waals surface area contributed by atoms with Crippen molar-refractivity contribution in [2.75, 3.05) is 18.0 Å². The predicted molar refractivity (Wildman–Crippen MR) is 116 cm³/mol. The summed E-state index contributed by atoms with van der Waals surface area (Å²) in [4.78, 5) is 41.1. The van der Waals surface area contributed by atoms with Gasteiger partial charge in [0, 0.05) is 11.6 Å². The van der Waals surface area contributed by atoms with Crippen molar-refractivity contribution >= 4 is 23.4 Å². The molecule has 30 heavy (non-hydrogen) atoms. The van der Waals surface area contributed by atoms with Crippen molar-refractivity contribution in [1.82, 2.24) is 4.90 Å². The Balaban J connectivity index is 1.60. The highest BCUT2D eigenvalue weighted by Crippen LogP contribution is 2.34. The topological polar surface area (TPSA) is 83.7 Å². The normalized spacial score (nSPS) is 15.8. The number of amides is 3. The molecule has 0 radical (unpaired) electrons. The first-order valence-corrected chi connectivity index (χ1v) is 10.6. The Morgan fingerprint density at radius 2 is 1.47 bits per heavy atom. The molecular formula is C24H27N3O3. The summed E-state index contributed by atoms with van der Waals surface area (Å²) in [5, 5.41) is 0. The molecular weight excluding hydrogens is 378 g/mol. The molecule has 1 aliphatic heterocycles. The Morgan fingerprint density at radius 3 is 1.90 bits per heavy atom. The minimum absolute atomic E-state index is 0.313. The summed E-state index contributed by atoms with van der Waals surface area (Å²) in [5.74, 6) is -1.17. The Bertz CT molecular complexity index is 962. The van der Waals surface area contributed by atoms with Crippen molar-refractivity contribution in [2.45, 2.75) is 45.6 Å². The predicted octanol–water partition coefficient (Wildman–Crippen LogP) is 3.18. The zero-order chi connectivity index (χ0) is 21.4. The highest BCUT2D eigenvalue weighted by atomic mass is 16.2. The molecule has 0 bridgehead atoms. The molecule has 1 heterocycles. The monoisotopic (exact) mass is 405 g/mol. The molecule has 6 heteroatoms. The number of imide groups is 1. The lowest BCUT2D eigenvalue weighted by Crippen LogP contribution is -2.37. The zero-order valence-corrected chi connectivity index (χ0v) is 17.5. The van der Waals surface area contributed by atoms with E-state index in [2.05, 4.69) is 18.7 Å². The number of carbonyl (C=O) groups is 3. The Hall–Kier alpha value is -2.99. The van der Waals surface area contributed by atoms with E-state index in [1.807, 2.05) is 12.1 Å². The summed E-state index contributed by atoms with van der Waals surface area (Å²) in [7, 11) is 0. The number of nitrogens with two attached hydrogens (primary N) is 1. The van der Waals surface area contributed by atoms with Crippen LogP contribution in [0.5, 0.6) is 0 Å². The van der Waals surface area contributed by atoms with Gasteiger partial charge in [-0.05, 0) is 86.3 Å². The highest BCUT2D eigenvalue weighted by molar-refractivity contribution is 6.34. The zero-order valence-electron chi connectivity index (χ0n) is 17.5. The summed E-state index contributed by atoms with van der Waals surface area (Å²) < 4.78 is 0. The van der Waals surface area contributed by atoms with Crippen molar-refractivity contribution in [3.05, 3.63) is 64.2 Å². The van der Waals surface area contributed by atoms with Crippen LogP contribution in [0.4, 0.5) is 5.69 Å². The van der Waals surface area contributed by atoms with Crippen molar-refractivity contribution in [3.8, 4) is 0 Å². The quantitative estimate of drug-likeness (QED) is 0.717. The molecule has 0 saturated heterocycles. The van der Waals surface area contributed by atoms with Gasteiger partial charge in [-0.25, -0.2) is 4.90 Å². The van der Waals surface area contributed by atoms with Crippen molar-refractivity contribution < 1.29 is 14.4 Å². The smallest absolute Gasteiger partial charge is 0.266 e. The van der Waals surface area contributed by atoms with E-state index < -0.39 is 5.91 Å². The standard InChI is InChI=1S/C24H27N3O3/c1-3-9-26(10-4-2)19-11-16-13-20-21(14-17(16)12-19)24(30)27(23(20)29)18-7-5-15(6-8-18)22(25)28/h5-8,13-14,19H,3-4,9-12H2,1-2H3,(H2,25,28). The maximum atomic E-state index is 13.0. The Kier molecular flexibility index (Phi) is 5.43. The van der Waals surface area contributed by atoms with Gasteiger partial charge in [0.05, 0.1) is 16.8 Å². The van der Waals surface area contributed by atoms with Gasteiger partial charge >= 0.3 is 0 Å². The average molecular weight is 405 g/mol. The number of primary amides is 1. The summed E-state index contributed by atoms with van der Waals surface area (Å²) in [6.07, 6.45) is 4.06. The molecule has 0 spiro atoms. The molecule has 0 atom stereocenters. The fourth-order valence-corrected chi connectivity index (χ4v) is 4.66. The molecule has 2 N–H and O–H groups in total. The van der Waals surface area contributed by atoms with Gasteiger partial charge in [-0.15, -0.1) is 0 Å². The highest BCUT2D eigenvalue weighted by Gasteiger charge is 2.39. The van der Waals surface area contributed by atoms with E-state index in [9.17, 15) is 14.4 Å².